The average Bonchev–Trinajstić information content (AvgIpc) is 1.98. The molecule has 11 heavy (non-hydrogen) atoms. The van der Waals surface area contributed by atoms with Gasteiger partial charge in [-0.2, -0.15) is 0 Å². The number of hydrogen-bond donors (Lipinski definition) is 0. The van der Waals surface area contributed by atoms with E-state index in [2.05, 4.69) is 0 Å². The lowest BCUT2D eigenvalue weighted by atomic mass is 10.1. The van der Waals surface area contributed by atoms with Crippen LogP contribution in [0.2, 0.25) is 0 Å². The lowest BCUT2D eigenvalue weighted by Crippen LogP contribution is -2.07. The third kappa shape index (κ3) is 2.74. The Hall–Kier alpha value is -0.790. The van der Waals surface area contributed by atoms with Crippen LogP contribution in [0.1, 0.15) is 32.6 Å². The first-order valence-electron chi connectivity index (χ1n) is 4.12. The van der Waals surface area contributed by atoms with Crippen LogP contribution in [0.15, 0.2) is 11.8 Å². The maximum Gasteiger partial charge on any atom is 0.149 e. The molecule has 0 N–H and O–H groups in total. The average molecular weight is 154 g/mol. The van der Waals surface area contributed by atoms with E-state index < -0.39 is 0 Å². The molecule has 0 aromatic carbocycles. The molecule has 0 aromatic rings. The van der Waals surface area contributed by atoms with Crippen LogP contribution in [-0.2, 0) is 9.53 Å². The molecule has 0 spiro atoms. The molecule has 2 heteroatoms. The summed E-state index contributed by atoms with van der Waals surface area (Å²) in [6.45, 7) is 2.03. The van der Waals surface area contributed by atoms with Crippen LogP contribution in [0.25, 0.3) is 0 Å². The van der Waals surface area contributed by atoms with Gasteiger partial charge in [0.2, 0.25) is 0 Å². The fraction of sp³-hybridized carbons (Fsp3) is 0.667. The standard InChI is InChI=1S/C9H14O2/c1-8-4-2-3-5-9(6-10)7-11-8/h6-8H,2-5H2,1H3/b9-7+. The van der Waals surface area contributed by atoms with Crippen molar-refractivity contribution in [1.29, 1.82) is 0 Å². The van der Waals surface area contributed by atoms with Gasteiger partial charge >= 0.3 is 0 Å². The third-order valence-corrected chi connectivity index (χ3v) is 1.93. The van der Waals surface area contributed by atoms with Crippen molar-refractivity contribution in [2.45, 2.75) is 38.7 Å². The van der Waals surface area contributed by atoms with Crippen LogP contribution in [0.5, 0.6) is 0 Å². The number of carbonyl (C=O) groups excluding carboxylic acids is 1. The molecule has 0 aromatic heterocycles. The first-order chi connectivity index (χ1) is 5.33. The SMILES string of the molecule is CC1CCCC/C(C=O)=C\O1. The molecule has 1 atom stereocenters. The van der Waals surface area contributed by atoms with Gasteiger partial charge in [0.05, 0.1) is 12.4 Å². The molecule has 2 nitrogen and oxygen atoms in total. The van der Waals surface area contributed by atoms with Crippen molar-refractivity contribution >= 4 is 6.29 Å². The van der Waals surface area contributed by atoms with E-state index in [9.17, 15) is 4.79 Å². The van der Waals surface area contributed by atoms with Crippen molar-refractivity contribution in [3.63, 3.8) is 0 Å². The van der Waals surface area contributed by atoms with E-state index in [1.165, 1.54) is 0 Å². The predicted molar refractivity (Wildman–Crippen MR) is 43.2 cm³/mol. The molecule has 0 saturated heterocycles. The van der Waals surface area contributed by atoms with Gasteiger partial charge in [-0.15, -0.1) is 0 Å². The predicted octanol–water partition coefficient (Wildman–Crippen LogP) is 2.05. The van der Waals surface area contributed by atoms with E-state index in [1.54, 1.807) is 6.26 Å². The highest BCUT2D eigenvalue weighted by atomic mass is 16.5. The second-order valence-electron chi connectivity index (χ2n) is 3.00. The monoisotopic (exact) mass is 154 g/mol. The number of allylic oxidation sites excluding steroid dienone is 1. The number of ether oxygens (including phenoxy) is 1. The van der Waals surface area contributed by atoms with Crippen molar-refractivity contribution in [3.05, 3.63) is 11.8 Å². The van der Waals surface area contributed by atoms with E-state index >= 15 is 0 Å². The number of aldehydes is 1. The van der Waals surface area contributed by atoms with Gasteiger partial charge in [-0.1, -0.05) is 0 Å². The molecule has 0 radical (unpaired) electrons. The Labute approximate surface area is 67.2 Å². The molecule has 1 unspecified atom stereocenters. The normalized spacial score (nSPS) is 30.6. The maximum absolute atomic E-state index is 10.4. The molecule has 1 aliphatic heterocycles. The van der Waals surface area contributed by atoms with Crippen LogP contribution < -0.4 is 0 Å². The second-order valence-corrected chi connectivity index (χ2v) is 3.00. The summed E-state index contributed by atoms with van der Waals surface area (Å²) in [6, 6.07) is 0. The summed E-state index contributed by atoms with van der Waals surface area (Å²) in [7, 11) is 0. The number of rotatable bonds is 1. The van der Waals surface area contributed by atoms with Crippen molar-refractivity contribution in [2.24, 2.45) is 0 Å². The lowest BCUT2D eigenvalue weighted by molar-refractivity contribution is -0.105. The molecule has 1 heterocycles. The van der Waals surface area contributed by atoms with Crippen LogP contribution >= 0.6 is 0 Å². The quantitative estimate of drug-likeness (QED) is 0.540. The summed E-state index contributed by atoms with van der Waals surface area (Å²) in [4.78, 5) is 10.4. The Morgan fingerprint density at radius 2 is 2.45 bits per heavy atom. The molecule has 0 saturated carbocycles. The van der Waals surface area contributed by atoms with Gasteiger partial charge in [-0.25, -0.2) is 0 Å². The molecular weight excluding hydrogens is 140 g/mol. The van der Waals surface area contributed by atoms with Crippen LogP contribution in [0, 0.1) is 0 Å². The zero-order valence-corrected chi connectivity index (χ0v) is 6.88. The zero-order chi connectivity index (χ0) is 8.10. The van der Waals surface area contributed by atoms with Gasteiger partial charge in [0.1, 0.15) is 6.29 Å². The molecular formula is C9H14O2. The molecule has 1 aliphatic rings. The fourth-order valence-corrected chi connectivity index (χ4v) is 1.18. The Bertz CT molecular complexity index is 161. The van der Waals surface area contributed by atoms with Gasteiger partial charge in [0.15, 0.2) is 0 Å². The minimum Gasteiger partial charge on any atom is -0.498 e. The lowest BCUT2D eigenvalue weighted by Gasteiger charge is -2.14. The smallest absolute Gasteiger partial charge is 0.149 e. The third-order valence-electron chi connectivity index (χ3n) is 1.93. The zero-order valence-electron chi connectivity index (χ0n) is 6.88. The molecule has 62 valence electrons. The maximum atomic E-state index is 10.4. The minimum atomic E-state index is 0.269. The molecule has 1 rings (SSSR count). The Kier molecular flexibility index (Phi) is 3.14. The van der Waals surface area contributed by atoms with Gasteiger partial charge < -0.3 is 4.74 Å². The molecule has 0 aliphatic carbocycles. The van der Waals surface area contributed by atoms with Crippen molar-refractivity contribution < 1.29 is 9.53 Å². The summed E-state index contributed by atoms with van der Waals surface area (Å²) in [5.41, 5.74) is 0.788. The van der Waals surface area contributed by atoms with E-state index in [-0.39, 0.29) is 6.10 Å². The van der Waals surface area contributed by atoms with Gasteiger partial charge in [-0.3, -0.25) is 4.79 Å². The molecule has 0 fully saturated rings. The summed E-state index contributed by atoms with van der Waals surface area (Å²) in [6.07, 6.45) is 7.00. The van der Waals surface area contributed by atoms with E-state index in [1.807, 2.05) is 6.92 Å². The van der Waals surface area contributed by atoms with E-state index in [0.717, 1.165) is 37.5 Å². The Morgan fingerprint density at radius 1 is 1.64 bits per heavy atom. The van der Waals surface area contributed by atoms with E-state index in [0.29, 0.717) is 0 Å². The summed E-state index contributed by atoms with van der Waals surface area (Å²) in [5, 5.41) is 0. The fourth-order valence-electron chi connectivity index (χ4n) is 1.18. The topological polar surface area (TPSA) is 26.3 Å². The first-order valence-corrected chi connectivity index (χ1v) is 4.12. The van der Waals surface area contributed by atoms with Crippen LogP contribution in [0.4, 0.5) is 0 Å². The minimum absolute atomic E-state index is 0.269. The Morgan fingerprint density at radius 3 is 3.18 bits per heavy atom. The highest BCUT2D eigenvalue weighted by Crippen LogP contribution is 2.14. The highest BCUT2D eigenvalue weighted by molar-refractivity contribution is 5.72. The van der Waals surface area contributed by atoms with Gasteiger partial charge in [-0.05, 0) is 32.6 Å². The van der Waals surface area contributed by atoms with Gasteiger partial charge in [0.25, 0.3) is 0 Å². The number of carbonyl (C=O) groups is 1. The van der Waals surface area contributed by atoms with Crippen LogP contribution in [-0.4, -0.2) is 12.4 Å². The Balaban J connectivity index is 2.51. The largest absolute Gasteiger partial charge is 0.498 e. The van der Waals surface area contributed by atoms with E-state index in [4.69, 9.17) is 4.74 Å². The van der Waals surface area contributed by atoms with Crippen molar-refractivity contribution in [2.75, 3.05) is 0 Å². The first kappa shape index (κ1) is 8.31. The van der Waals surface area contributed by atoms with Crippen molar-refractivity contribution in [3.8, 4) is 0 Å². The van der Waals surface area contributed by atoms with Gasteiger partial charge in [0, 0.05) is 5.57 Å². The molecule has 0 amide bonds. The summed E-state index contributed by atoms with van der Waals surface area (Å²) >= 11 is 0. The molecule has 0 bridgehead atoms. The second kappa shape index (κ2) is 4.16. The summed E-state index contributed by atoms with van der Waals surface area (Å²) < 4.78 is 5.29. The summed E-state index contributed by atoms with van der Waals surface area (Å²) in [5.74, 6) is 0. The van der Waals surface area contributed by atoms with Crippen LogP contribution in [0.3, 0.4) is 0 Å². The number of hydrogen-bond acceptors (Lipinski definition) is 2. The highest BCUT2D eigenvalue weighted by Gasteiger charge is 2.06. The van der Waals surface area contributed by atoms with Crippen molar-refractivity contribution in [1.82, 2.24) is 0 Å².